The summed E-state index contributed by atoms with van der Waals surface area (Å²) < 4.78 is 1.84. The first-order chi connectivity index (χ1) is 14.0. The molecule has 2 bridgehead atoms. The van der Waals surface area contributed by atoms with E-state index in [4.69, 9.17) is 0 Å². The molecule has 0 unspecified atom stereocenters. The number of fused-ring (bicyclic) bond motifs is 3. The third-order valence-electron chi connectivity index (χ3n) is 6.44. The number of nitrogens with zero attached hydrogens (tertiary/aromatic N) is 5. The van der Waals surface area contributed by atoms with Crippen molar-refractivity contribution >= 4 is 11.6 Å². The standard InChI is InChI=1S/C22H32N6O/c1-16-24-17(2)28(25-16)13-11-22(29)27-14-18-6-4-5-7-21(18)23-12-10-19-8-9-20(15-27)26(19)3/h4-7,19-20,23H,8-15H2,1-3H3/t19-,20+/m0/s1. The number of aryl methyl sites for hydroxylation is 3. The van der Waals surface area contributed by atoms with E-state index in [1.807, 2.05) is 18.5 Å². The number of likely N-dealkylation sites (N-methyl/N-ethyl adjacent to an activating group) is 1. The molecular formula is C22H32N6O. The number of hydrogen-bond donors (Lipinski definition) is 1. The van der Waals surface area contributed by atoms with Gasteiger partial charge in [-0.2, -0.15) is 5.10 Å². The lowest BCUT2D eigenvalue weighted by Crippen LogP contribution is -2.43. The molecule has 0 radical (unpaired) electrons. The highest BCUT2D eigenvalue weighted by Crippen LogP contribution is 2.28. The Bertz CT molecular complexity index is 863. The zero-order chi connectivity index (χ0) is 20.4. The zero-order valence-electron chi connectivity index (χ0n) is 17.8. The molecule has 29 heavy (non-hydrogen) atoms. The molecule has 1 saturated heterocycles. The van der Waals surface area contributed by atoms with Gasteiger partial charge in [0.05, 0.1) is 6.54 Å². The molecule has 0 saturated carbocycles. The molecule has 3 heterocycles. The quantitative estimate of drug-likeness (QED) is 0.864. The van der Waals surface area contributed by atoms with Crippen LogP contribution >= 0.6 is 0 Å². The minimum atomic E-state index is 0.184. The van der Waals surface area contributed by atoms with E-state index in [1.165, 1.54) is 12.0 Å². The average molecular weight is 397 g/mol. The van der Waals surface area contributed by atoms with Crippen molar-refractivity contribution in [3.8, 4) is 0 Å². The van der Waals surface area contributed by atoms with Crippen molar-refractivity contribution in [1.82, 2.24) is 24.6 Å². The largest absolute Gasteiger partial charge is 0.385 e. The van der Waals surface area contributed by atoms with Crippen LogP contribution in [0.5, 0.6) is 0 Å². The SMILES string of the molecule is Cc1nc(C)n(CCC(=O)N2Cc3ccccc3NCC[C@@H]3CC[C@H](C2)N3C)n1. The summed E-state index contributed by atoms with van der Waals surface area (Å²) >= 11 is 0. The Morgan fingerprint density at radius 1 is 1.17 bits per heavy atom. The van der Waals surface area contributed by atoms with E-state index in [0.717, 1.165) is 43.3 Å². The molecule has 2 aliphatic rings. The van der Waals surface area contributed by atoms with Crippen LogP contribution in [0.3, 0.4) is 0 Å². The molecule has 2 aromatic rings. The fourth-order valence-corrected chi connectivity index (χ4v) is 4.71. The lowest BCUT2D eigenvalue weighted by molar-refractivity contribution is -0.132. The van der Waals surface area contributed by atoms with Crippen molar-refractivity contribution < 1.29 is 4.79 Å². The minimum absolute atomic E-state index is 0.184. The van der Waals surface area contributed by atoms with Gasteiger partial charge < -0.3 is 10.2 Å². The predicted octanol–water partition coefficient (Wildman–Crippen LogP) is 2.59. The normalized spacial score (nSPS) is 22.7. The van der Waals surface area contributed by atoms with Crippen LogP contribution in [0.15, 0.2) is 24.3 Å². The first kappa shape index (κ1) is 19.9. The van der Waals surface area contributed by atoms with E-state index < -0.39 is 0 Å². The number of hydrogen-bond acceptors (Lipinski definition) is 5. The van der Waals surface area contributed by atoms with Gasteiger partial charge >= 0.3 is 0 Å². The van der Waals surface area contributed by atoms with E-state index >= 15 is 0 Å². The third-order valence-corrected chi connectivity index (χ3v) is 6.44. The van der Waals surface area contributed by atoms with Crippen molar-refractivity contribution in [3.63, 3.8) is 0 Å². The number of amides is 1. The fourth-order valence-electron chi connectivity index (χ4n) is 4.71. The van der Waals surface area contributed by atoms with Crippen LogP contribution in [-0.2, 0) is 17.9 Å². The smallest absolute Gasteiger partial charge is 0.224 e. The maximum absolute atomic E-state index is 13.3. The third kappa shape index (κ3) is 4.45. The summed E-state index contributed by atoms with van der Waals surface area (Å²) in [5.41, 5.74) is 2.34. The van der Waals surface area contributed by atoms with Crippen LogP contribution in [0.4, 0.5) is 5.69 Å². The van der Waals surface area contributed by atoms with Crippen molar-refractivity contribution in [3.05, 3.63) is 41.5 Å². The van der Waals surface area contributed by atoms with Crippen LogP contribution < -0.4 is 5.32 Å². The van der Waals surface area contributed by atoms with E-state index in [2.05, 4.69) is 56.5 Å². The maximum atomic E-state index is 13.3. The van der Waals surface area contributed by atoms with Gasteiger partial charge in [-0.15, -0.1) is 0 Å². The molecule has 156 valence electrons. The van der Waals surface area contributed by atoms with Crippen LogP contribution in [-0.4, -0.2) is 62.7 Å². The van der Waals surface area contributed by atoms with Gasteiger partial charge in [0.1, 0.15) is 11.6 Å². The minimum Gasteiger partial charge on any atom is -0.385 e. The highest BCUT2D eigenvalue weighted by molar-refractivity contribution is 5.76. The lowest BCUT2D eigenvalue weighted by atomic mass is 10.1. The van der Waals surface area contributed by atoms with E-state index in [0.29, 0.717) is 31.6 Å². The maximum Gasteiger partial charge on any atom is 0.224 e. The summed E-state index contributed by atoms with van der Waals surface area (Å²) in [7, 11) is 2.22. The zero-order valence-corrected chi connectivity index (χ0v) is 17.8. The Kier molecular flexibility index (Phi) is 5.85. The summed E-state index contributed by atoms with van der Waals surface area (Å²) in [6, 6.07) is 9.40. The lowest BCUT2D eigenvalue weighted by Gasteiger charge is -2.31. The van der Waals surface area contributed by atoms with Crippen LogP contribution in [0.25, 0.3) is 0 Å². The number of benzene rings is 1. The van der Waals surface area contributed by atoms with Crippen molar-refractivity contribution in [1.29, 1.82) is 0 Å². The fraction of sp³-hybridized carbons (Fsp3) is 0.591. The molecule has 1 N–H and O–H groups in total. The molecule has 0 aliphatic carbocycles. The number of carbonyl (C=O) groups excluding carboxylic acids is 1. The average Bonchev–Trinajstić information content (AvgIpc) is 3.20. The number of rotatable bonds is 3. The Hall–Kier alpha value is -2.41. The Balaban J connectivity index is 1.53. The Labute approximate surface area is 173 Å². The van der Waals surface area contributed by atoms with Crippen LogP contribution in [0.1, 0.15) is 42.9 Å². The Morgan fingerprint density at radius 2 is 1.97 bits per heavy atom. The second-order valence-electron chi connectivity index (χ2n) is 8.38. The summed E-state index contributed by atoms with van der Waals surface area (Å²) in [4.78, 5) is 22.1. The van der Waals surface area contributed by atoms with Gasteiger partial charge in [0.15, 0.2) is 0 Å². The topological polar surface area (TPSA) is 66.3 Å². The summed E-state index contributed by atoms with van der Waals surface area (Å²) in [5, 5.41) is 8.01. The Morgan fingerprint density at radius 3 is 2.76 bits per heavy atom. The van der Waals surface area contributed by atoms with Crippen molar-refractivity contribution in [2.75, 3.05) is 25.5 Å². The van der Waals surface area contributed by atoms with Gasteiger partial charge in [0.2, 0.25) is 5.91 Å². The summed E-state index contributed by atoms with van der Waals surface area (Å²) in [6.07, 6.45) is 3.96. The van der Waals surface area contributed by atoms with Gasteiger partial charge in [-0.05, 0) is 51.8 Å². The van der Waals surface area contributed by atoms with E-state index in [1.54, 1.807) is 0 Å². The molecule has 1 aromatic carbocycles. The molecule has 0 spiro atoms. The van der Waals surface area contributed by atoms with E-state index in [-0.39, 0.29) is 5.91 Å². The van der Waals surface area contributed by atoms with Crippen LogP contribution in [0, 0.1) is 13.8 Å². The van der Waals surface area contributed by atoms with Crippen molar-refractivity contribution in [2.45, 2.75) is 64.7 Å². The molecule has 1 fully saturated rings. The first-order valence-electron chi connectivity index (χ1n) is 10.7. The van der Waals surface area contributed by atoms with Crippen molar-refractivity contribution in [2.24, 2.45) is 0 Å². The monoisotopic (exact) mass is 396 g/mol. The number of nitrogens with one attached hydrogen (secondary N) is 1. The molecule has 7 nitrogen and oxygen atoms in total. The molecule has 1 aromatic heterocycles. The first-order valence-corrected chi connectivity index (χ1v) is 10.7. The van der Waals surface area contributed by atoms with Gasteiger partial charge in [-0.1, -0.05) is 18.2 Å². The summed E-state index contributed by atoms with van der Waals surface area (Å²) in [5.74, 6) is 1.80. The number of carbonyl (C=O) groups is 1. The van der Waals surface area contributed by atoms with Gasteiger partial charge in [-0.3, -0.25) is 9.69 Å². The van der Waals surface area contributed by atoms with E-state index in [9.17, 15) is 4.79 Å². The molecule has 1 amide bonds. The molecule has 2 aliphatic heterocycles. The number of aromatic nitrogens is 3. The molecule has 2 atom stereocenters. The molecular weight excluding hydrogens is 364 g/mol. The summed E-state index contributed by atoms with van der Waals surface area (Å²) in [6.45, 7) is 6.80. The molecule has 7 heteroatoms. The predicted molar refractivity (Wildman–Crippen MR) is 114 cm³/mol. The number of para-hydroxylation sites is 1. The highest BCUT2D eigenvalue weighted by Gasteiger charge is 2.33. The second kappa shape index (κ2) is 8.53. The molecule has 4 rings (SSSR count). The van der Waals surface area contributed by atoms with Gasteiger partial charge in [0, 0.05) is 43.8 Å². The highest BCUT2D eigenvalue weighted by atomic mass is 16.2. The van der Waals surface area contributed by atoms with Gasteiger partial charge in [-0.25, -0.2) is 9.67 Å². The number of anilines is 1. The van der Waals surface area contributed by atoms with Gasteiger partial charge in [0.25, 0.3) is 0 Å². The second-order valence-corrected chi connectivity index (χ2v) is 8.38. The van der Waals surface area contributed by atoms with Crippen LogP contribution in [0.2, 0.25) is 0 Å².